The Balaban J connectivity index is 1.95. The maximum absolute atomic E-state index is 12.3. The van der Waals surface area contributed by atoms with Crippen LogP contribution in [0.2, 0.25) is 0 Å². The summed E-state index contributed by atoms with van der Waals surface area (Å²) in [4.78, 5) is 12.3. The molecule has 0 aromatic carbocycles. The number of carbonyl (C=O) groups excluding carboxylic acids is 1. The van der Waals surface area contributed by atoms with E-state index < -0.39 is 0 Å². The molecule has 1 rings (SSSR count). The zero-order chi connectivity index (χ0) is 23.2. The zero-order valence-electron chi connectivity index (χ0n) is 21.5. The van der Waals surface area contributed by atoms with Crippen LogP contribution in [0.25, 0.3) is 0 Å². The number of nitrogens with zero attached hydrogens (tertiary/aromatic N) is 1. The molecule has 0 unspecified atom stereocenters. The van der Waals surface area contributed by atoms with E-state index in [2.05, 4.69) is 6.92 Å². The summed E-state index contributed by atoms with van der Waals surface area (Å²) in [7, 11) is 0. The predicted octanol–water partition coefficient (Wildman–Crippen LogP) is 8.20. The third-order valence-electron chi connectivity index (χ3n) is 6.88. The minimum atomic E-state index is -0.374. The molecule has 1 N–H and O–H groups in total. The van der Waals surface area contributed by atoms with Crippen LogP contribution in [-0.4, -0.2) is 33.4 Å². The summed E-state index contributed by atoms with van der Waals surface area (Å²) in [6.45, 7) is 10.3. The fraction of sp³-hybridized carbons (Fsp3) is 0.963. The number of hydrogen-bond donors (Lipinski definition) is 1. The number of hydrogen-bond acceptors (Lipinski definition) is 4. The molecule has 0 atom stereocenters. The lowest BCUT2D eigenvalue weighted by Gasteiger charge is -2.50. The van der Waals surface area contributed by atoms with Gasteiger partial charge in [-0.3, -0.25) is 4.79 Å². The third-order valence-corrected chi connectivity index (χ3v) is 6.88. The van der Waals surface area contributed by atoms with E-state index >= 15 is 0 Å². The van der Waals surface area contributed by atoms with Gasteiger partial charge < -0.3 is 9.94 Å². The molecule has 1 fully saturated rings. The smallest absolute Gasteiger partial charge is 0.306 e. The molecule has 0 bridgehead atoms. The van der Waals surface area contributed by atoms with E-state index in [1.807, 2.05) is 27.7 Å². The maximum Gasteiger partial charge on any atom is 0.306 e. The molecule has 1 aliphatic heterocycles. The van der Waals surface area contributed by atoms with Crippen LogP contribution in [0, 0.1) is 0 Å². The Bertz CT molecular complexity index is 457. The quantitative estimate of drug-likeness (QED) is 0.183. The molecule has 0 saturated carbocycles. The van der Waals surface area contributed by atoms with Gasteiger partial charge in [0.25, 0.3) is 0 Å². The molecule has 0 spiro atoms. The summed E-state index contributed by atoms with van der Waals surface area (Å²) in [5.74, 6) is -0.0716. The van der Waals surface area contributed by atoms with Crippen molar-refractivity contribution >= 4 is 5.97 Å². The summed E-state index contributed by atoms with van der Waals surface area (Å²) in [6.07, 6.45) is 21.7. The minimum absolute atomic E-state index is 0.0716. The standard InChI is InChI=1S/C27H53NO3/c1-6-7-8-9-10-11-12-13-14-15-16-17-18-19-20-21-25(29)31-24-22-26(2,3)28(30)27(4,5)23-24/h24,30H,6-23H2,1-5H3. The number of esters is 1. The molecule has 1 heterocycles. The van der Waals surface area contributed by atoms with Crippen LogP contribution < -0.4 is 0 Å². The van der Waals surface area contributed by atoms with Crippen molar-refractivity contribution in [2.24, 2.45) is 0 Å². The number of rotatable bonds is 17. The Morgan fingerprint density at radius 3 is 1.48 bits per heavy atom. The Kier molecular flexibility index (Phi) is 14.0. The van der Waals surface area contributed by atoms with Crippen molar-refractivity contribution in [3.05, 3.63) is 0 Å². The van der Waals surface area contributed by atoms with E-state index in [-0.39, 0.29) is 23.2 Å². The van der Waals surface area contributed by atoms with Crippen molar-refractivity contribution in [3.63, 3.8) is 0 Å². The second-order valence-electron chi connectivity index (χ2n) is 11.2. The Hall–Kier alpha value is -0.610. The van der Waals surface area contributed by atoms with Gasteiger partial charge in [0.1, 0.15) is 6.10 Å². The average Bonchev–Trinajstić information content (AvgIpc) is 2.68. The van der Waals surface area contributed by atoms with Crippen molar-refractivity contribution in [3.8, 4) is 0 Å². The lowest BCUT2D eigenvalue weighted by Crippen LogP contribution is -2.60. The lowest BCUT2D eigenvalue weighted by atomic mass is 9.80. The van der Waals surface area contributed by atoms with Gasteiger partial charge in [-0.15, -0.1) is 0 Å². The highest BCUT2D eigenvalue weighted by Gasteiger charge is 2.46. The van der Waals surface area contributed by atoms with Gasteiger partial charge in [0, 0.05) is 30.3 Å². The summed E-state index contributed by atoms with van der Waals surface area (Å²) in [6, 6.07) is 0. The molecule has 0 aliphatic carbocycles. The van der Waals surface area contributed by atoms with Gasteiger partial charge in [-0.1, -0.05) is 96.8 Å². The average molecular weight is 440 g/mol. The molecule has 4 heteroatoms. The fourth-order valence-electron chi connectivity index (χ4n) is 5.15. The van der Waals surface area contributed by atoms with Crippen LogP contribution in [0.4, 0.5) is 0 Å². The van der Waals surface area contributed by atoms with Crippen molar-refractivity contribution in [2.75, 3.05) is 0 Å². The van der Waals surface area contributed by atoms with Gasteiger partial charge in [0.05, 0.1) is 0 Å². The molecule has 1 aliphatic rings. The molecule has 184 valence electrons. The van der Waals surface area contributed by atoms with Gasteiger partial charge in [-0.25, -0.2) is 0 Å². The molecular formula is C27H53NO3. The fourth-order valence-corrected chi connectivity index (χ4v) is 5.15. The first kappa shape index (κ1) is 28.4. The molecular weight excluding hydrogens is 386 g/mol. The van der Waals surface area contributed by atoms with Crippen LogP contribution >= 0.6 is 0 Å². The van der Waals surface area contributed by atoms with Gasteiger partial charge >= 0.3 is 5.97 Å². The first-order chi connectivity index (χ1) is 14.7. The summed E-state index contributed by atoms with van der Waals surface area (Å²) >= 11 is 0. The molecule has 1 saturated heterocycles. The van der Waals surface area contributed by atoms with Crippen LogP contribution in [0.5, 0.6) is 0 Å². The molecule has 4 nitrogen and oxygen atoms in total. The molecule has 0 radical (unpaired) electrons. The van der Waals surface area contributed by atoms with Gasteiger partial charge in [0.15, 0.2) is 0 Å². The van der Waals surface area contributed by atoms with Crippen LogP contribution in [-0.2, 0) is 9.53 Å². The maximum atomic E-state index is 12.3. The first-order valence-corrected chi connectivity index (χ1v) is 13.4. The van der Waals surface area contributed by atoms with Crippen LogP contribution in [0.3, 0.4) is 0 Å². The number of carbonyl (C=O) groups is 1. The van der Waals surface area contributed by atoms with Gasteiger partial charge in [-0.05, 0) is 34.1 Å². The SMILES string of the molecule is CCCCCCCCCCCCCCCCCC(=O)OC1CC(C)(C)N(O)C(C)(C)C1. The van der Waals surface area contributed by atoms with Crippen LogP contribution in [0.15, 0.2) is 0 Å². The monoisotopic (exact) mass is 439 g/mol. The van der Waals surface area contributed by atoms with Crippen molar-refractivity contribution < 1.29 is 14.7 Å². The van der Waals surface area contributed by atoms with Crippen LogP contribution in [0.1, 0.15) is 150 Å². The van der Waals surface area contributed by atoms with E-state index in [4.69, 9.17) is 4.74 Å². The molecule has 0 amide bonds. The summed E-state index contributed by atoms with van der Waals surface area (Å²) < 4.78 is 5.75. The van der Waals surface area contributed by atoms with Crippen molar-refractivity contribution in [2.45, 2.75) is 167 Å². The largest absolute Gasteiger partial charge is 0.462 e. The lowest BCUT2D eigenvalue weighted by molar-refractivity contribution is -0.259. The third kappa shape index (κ3) is 12.3. The second-order valence-corrected chi connectivity index (χ2v) is 11.2. The highest BCUT2D eigenvalue weighted by molar-refractivity contribution is 5.69. The molecule has 0 aromatic rings. The highest BCUT2D eigenvalue weighted by Crippen LogP contribution is 2.38. The Morgan fingerprint density at radius 1 is 0.742 bits per heavy atom. The number of piperidine rings is 1. The Labute approximate surface area is 193 Å². The van der Waals surface area contributed by atoms with Gasteiger partial charge in [0.2, 0.25) is 0 Å². The van der Waals surface area contributed by atoms with Gasteiger partial charge in [-0.2, -0.15) is 5.06 Å². The van der Waals surface area contributed by atoms with E-state index in [0.29, 0.717) is 19.3 Å². The topological polar surface area (TPSA) is 49.8 Å². The predicted molar refractivity (Wildman–Crippen MR) is 130 cm³/mol. The first-order valence-electron chi connectivity index (χ1n) is 13.4. The normalized spacial score (nSPS) is 18.9. The number of hydroxylamine groups is 2. The Morgan fingerprint density at radius 2 is 1.10 bits per heavy atom. The van der Waals surface area contributed by atoms with E-state index in [0.717, 1.165) is 12.8 Å². The van der Waals surface area contributed by atoms with E-state index in [1.54, 1.807) is 0 Å². The highest BCUT2D eigenvalue weighted by atomic mass is 16.5. The molecule has 0 aromatic heterocycles. The molecule has 31 heavy (non-hydrogen) atoms. The van der Waals surface area contributed by atoms with Crippen molar-refractivity contribution in [1.82, 2.24) is 5.06 Å². The second kappa shape index (κ2) is 15.3. The minimum Gasteiger partial charge on any atom is -0.462 e. The van der Waals surface area contributed by atoms with E-state index in [1.165, 1.54) is 88.5 Å². The zero-order valence-corrected chi connectivity index (χ0v) is 21.5. The van der Waals surface area contributed by atoms with E-state index in [9.17, 15) is 10.0 Å². The van der Waals surface area contributed by atoms with Crippen molar-refractivity contribution in [1.29, 1.82) is 0 Å². The summed E-state index contributed by atoms with van der Waals surface area (Å²) in [5, 5.41) is 11.8. The number of ether oxygens (including phenoxy) is 1. The summed E-state index contributed by atoms with van der Waals surface area (Å²) in [5.41, 5.74) is -0.747. The number of unbranched alkanes of at least 4 members (excludes halogenated alkanes) is 14.